The second kappa shape index (κ2) is 9.10. The molecular weight excluding hydrogens is 410 g/mol. The highest BCUT2D eigenvalue weighted by Gasteiger charge is 2.45. The number of piperidine rings is 1. The minimum atomic E-state index is -0.626. The van der Waals surface area contributed by atoms with E-state index in [0.717, 1.165) is 11.3 Å². The summed E-state index contributed by atoms with van der Waals surface area (Å²) in [6.45, 7) is 3.44. The number of aryl methyl sites for hydroxylation is 1. The van der Waals surface area contributed by atoms with E-state index in [1.54, 1.807) is 19.2 Å². The molecule has 1 amide bonds. The van der Waals surface area contributed by atoms with E-state index in [-0.39, 0.29) is 11.7 Å². The minimum Gasteiger partial charge on any atom is -0.493 e. The van der Waals surface area contributed by atoms with Crippen molar-refractivity contribution < 1.29 is 28.5 Å². The lowest BCUT2D eigenvalue weighted by atomic mass is 9.82. The number of carbonyl (C=O) groups is 2. The topological polar surface area (TPSA) is 74.3 Å². The Hall–Kier alpha value is -3.22. The van der Waals surface area contributed by atoms with Crippen molar-refractivity contribution in [2.45, 2.75) is 38.2 Å². The van der Waals surface area contributed by atoms with Crippen molar-refractivity contribution in [3.05, 3.63) is 47.5 Å². The Labute approximate surface area is 188 Å². The second-order valence-corrected chi connectivity index (χ2v) is 8.36. The average molecular weight is 440 g/mol. The number of carbonyl (C=O) groups excluding carboxylic acids is 2. The van der Waals surface area contributed by atoms with Crippen LogP contribution in [0, 0.1) is 6.92 Å². The van der Waals surface area contributed by atoms with Crippen LogP contribution in [0.4, 0.5) is 0 Å². The Kier molecular flexibility index (Phi) is 6.26. The molecule has 0 aromatic heterocycles. The van der Waals surface area contributed by atoms with Crippen LogP contribution in [-0.4, -0.2) is 56.1 Å². The molecule has 1 saturated heterocycles. The zero-order chi connectivity index (χ0) is 22.7. The van der Waals surface area contributed by atoms with Crippen LogP contribution in [0.3, 0.4) is 0 Å². The van der Waals surface area contributed by atoms with Gasteiger partial charge in [0.05, 0.1) is 39.2 Å². The summed E-state index contributed by atoms with van der Waals surface area (Å²) in [6, 6.07) is 11.2. The fourth-order valence-corrected chi connectivity index (χ4v) is 4.35. The number of nitrogens with zero attached hydrogens (tertiary/aromatic N) is 1. The highest BCUT2D eigenvalue weighted by Crippen LogP contribution is 2.47. The number of Topliss-reactive ketones (excluding diaryl/α,β-unsaturated/α-hetero) is 1. The molecule has 4 rings (SSSR count). The van der Waals surface area contributed by atoms with Gasteiger partial charge in [0.15, 0.2) is 17.3 Å². The van der Waals surface area contributed by atoms with E-state index in [1.807, 2.05) is 36.1 Å². The lowest BCUT2D eigenvalue weighted by Gasteiger charge is -2.44. The van der Waals surface area contributed by atoms with Crippen LogP contribution in [0.25, 0.3) is 0 Å². The number of ether oxygens (including phenoxy) is 4. The second-order valence-electron chi connectivity index (χ2n) is 8.36. The van der Waals surface area contributed by atoms with E-state index in [2.05, 4.69) is 0 Å². The van der Waals surface area contributed by atoms with Crippen molar-refractivity contribution in [3.8, 4) is 23.0 Å². The number of likely N-dealkylation sites (tertiary alicyclic amines) is 1. The molecule has 0 atom stereocenters. The van der Waals surface area contributed by atoms with Crippen LogP contribution in [0.5, 0.6) is 23.0 Å². The predicted molar refractivity (Wildman–Crippen MR) is 119 cm³/mol. The van der Waals surface area contributed by atoms with Crippen LogP contribution in [-0.2, 0) is 4.79 Å². The summed E-state index contributed by atoms with van der Waals surface area (Å²) >= 11 is 0. The Bertz CT molecular complexity index is 992. The van der Waals surface area contributed by atoms with Gasteiger partial charge in [0.1, 0.15) is 11.4 Å². The highest BCUT2D eigenvalue weighted by atomic mass is 16.5. The number of benzene rings is 2. The summed E-state index contributed by atoms with van der Waals surface area (Å²) in [6.07, 6.45) is 1.79. The lowest BCUT2D eigenvalue weighted by Crippen LogP contribution is -2.52. The number of hydrogen-bond donors (Lipinski definition) is 0. The van der Waals surface area contributed by atoms with Gasteiger partial charge in [-0.1, -0.05) is 17.7 Å². The minimum absolute atomic E-state index is 0.0264. The van der Waals surface area contributed by atoms with E-state index >= 15 is 0 Å². The standard InChI is InChI=1S/C25H29NO6/c1-17-4-6-18(7-5-17)31-15-10-22(28)26-13-11-25(12-14-26)16-20(27)19-8-9-21(29-2)24(30-3)23(19)32-25/h4-9H,10-16H2,1-3H3. The van der Waals surface area contributed by atoms with Gasteiger partial charge in [0.2, 0.25) is 11.7 Å². The maximum absolute atomic E-state index is 12.9. The Morgan fingerprint density at radius 2 is 1.78 bits per heavy atom. The van der Waals surface area contributed by atoms with Gasteiger partial charge in [-0.2, -0.15) is 0 Å². The molecule has 7 heteroatoms. The molecule has 1 spiro atoms. The number of hydrogen-bond acceptors (Lipinski definition) is 6. The van der Waals surface area contributed by atoms with Gasteiger partial charge in [-0.15, -0.1) is 0 Å². The van der Waals surface area contributed by atoms with Crippen LogP contribution >= 0.6 is 0 Å². The van der Waals surface area contributed by atoms with Crippen LogP contribution < -0.4 is 18.9 Å². The molecule has 0 unspecified atom stereocenters. The van der Waals surface area contributed by atoms with E-state index in [0.29, 0.717) is 68.2 Å². The summed E-state index contributed by atoms with van der Waals surface area (Å²) in [5, 5.41) is 0. The molecule has 2 aliphatic heterocycles. The van der Waals surface area contributed by atoms with Crippen molar-refractivity contribution in [3.63, 3.8) is 0 Å². The summed E-state index contributed by atoms with van der Waals surface area (Å²) < 4.78 is 22.9. The van der Waals surface area contributed by atoms with Gasteiger partial charge in [0.25, 0.3) is 0 Å². The third-order valence-electron chi connectivity index (χ3n) is 6.23. The molecule has 7 nitrogen and oxygen atoms in total. The zero-order valence-corrected chi connectivity index (χ0v) is 18.8. The predicted octanol–water partition coefficient (Wildman–Crippen LogP) is 3.81. The van der Waals surface area contributed by atoms with Gasteiger partial charge < -0.3 is 23.8 Å². The van der Waals surface area contributed by atoms with Crippen molar-refractivity contribution in [2.75, 3.05) is 33.9 Å². The van der Waals surface area contributed by atoms with Gasteiger partial charge in [-0.25, -0.2) is 0 Å². The normalized spacial score (nSPS) is 16.8. The molecule has 0 radical (unpaired) electrons. The van der Waals surface area contributed by atoms with E-state index < -0.39 is 5.60 Å². The molecule has 2 heterocycles. The molecule has 32 heavy (non-hydrogen) atoms. The Morgan fingerprint density at radius 3 is 2.44 bits per heavy atom. The molecule has 0 aliphatic carbocycles. The van der Waals surface area contributed by atoms with Crippen molar-refractivity contribution in [1.29, 1.82) is 0 Å². The fraction of sp³-hybridized carbons (Fsp3) is 0.440. The van der Waals surface area contributed by atoms with Gasteiger partial charge in [-0.3, -0.25) is 9.59 Å². The average Bonchev–Trinajstić information content (AvgIpc) is 2.80. The molecular formula is C25H29NO6. The van der Waals surface area contributed by atoms with Gasteiger partial charge in [0, 0.05) is 25.9 Å². The first-order valence-corrected chi connectivity index (χ1v) is 10.9. The smallest absolute Gasteiger partial charge is 0.226 e. The first-order valence-electron chi connectivity index (χ1n) is 10.9. The monoisotopic (exact) mass is 439 g/mol. The number of fused-ring (bicyclic) bond motifs is 1. The van der Waals surface area contributed by atoms with Gasteiger partial charge >= 0.3 is 0 Å². The Morgan fingerprint density at radius 1 is 1.06 bits per heavy atom. The maximum atomic E-state index is 12.9. The van der Waals surface area contributed by atoms with Crippen molar-refractivity contribution in [2.24, 2.45) is 0 Å². The molecule has 170 valence electrons. The molecule has 0 saturated carbocycles. The van der Waals surface area contributed by atoms with E-state index in [1.165, 1.54) is 7.11 Å². The van der Waals surface area contributed by atoms with Crippen LogP contribution in [0.2, 0.25) is 0 Å². The number of ketones is 1. The largest absolute Gasteiger partial charge is 0.493 e. The molecule has 0 N–H and O–H groups in total. The highest BCUT2D eigenvalue weighted by molar-refractivity contribution is 6.01. The number of methoxy groups -OCH3 is 2. The summed E-state index contributed by atoms with van der Waals surface area (Å²) in [4.78, 5) is 27.4. The molecule has 2 aromatic carbocycles. The molecule has 2 aliphatic rings. The van der Waals surface area contributed by atoms with Gasteiger partial charge in [-0.05, 0) is 31.2 Å². The zero-order valence-electron chi connectivity index (χ0n) is 18.8. The third kappa shape index (κ3) is 4.38. The Balaban J connectivity index is 1.36. The van der Waals surface area contributed by atoms with Crippen LogP contribution in [0.15, 0.2) is 36.4 Å². The van der Waals surface area contributed by atoms with Crippen molar-refractivity contribution >= 4 is 11.7 Å². The van der Waals surface area contributed by atoms with Crippen LogP contribution in [0.1, 0.15) is 41.6 Å². The maximum Gasteiger partial charge on any atom is 0.226 e. The third-order valence-corrected chi connectivity index (χ3v) is 6.23. The van der Waals surface area contributed by atoms with E-state index in [4.69, 9.17) is 18.9 Å². The lowest BCUT2D eigenvalue weighted by molar-refractivity contribution is -0.135. The summed E-state index contributed by atoms with van der Waals surface area (Å²) in [5.41, 5.74) is 1.05. The molecule has 2 aromatic rings. The number of amides is 1. The van der Waals surface area contributed by atoms with Crippen molar-refractivity contribution in [1.82, 2.24) is 4.90 Å². The van der Waals surface area contributed by atoms with E-state index in [9.17, 15) is 9.59 Å². The summed E-state index contributed by atoms with van der Waals surface area (Å²) in [5.74, 6) is 2.24. The summed E-state index contributed by atoms with van der Waals surface area (Å²) in [7, 11) is 3.09. The first kappa shape index (κ1) is 22.0. The number of rotatable bonds is 6. The molecule has 1 fully saturated rings. The fourth-order valence-electron chi connectivity index (χ4n) is 4.35. The molecule has 0 bridgehead atoms. The first-order chi connectivity index (χ1) is 15.4. The SMILES string of the molecule is COc1ccc2c(c1OC)OC1(CCN(C(=O)CCOc3ccc(C)cc3)CC1)CC2=O. The quantitative estimate of drug-likeness (QED) is 0.682.